The molecule has 1 aliphatic heterocycles. The topological polar surface area (TPSA) is 13.0 Å². The molecule has 0 bridgehead atoms. The summed E-state index contributed by atoms with van der Waals surface area (Å²) < 4.78 is 0. The number of hydrazine groups is 2. The lowest BCUT2D eigenvalue weighted by molar-refractivity contribution is -0.0774. The van der Waals surface area contributed by atoms with Crippen LogP contribution in [0.5, 0.6) is 0 Å². The monoisotopic (exact) mass is 172 g/mol. The highest BCUT2D eigenvalue weighted by Crippen LogP contribution is 2.02. The Morgan fingerprint density at radius 3 is 1.08 bits per heavy atom. The van der Waals surface area contributed by atoms with Gasteiger partial charge < -0.3 is 0 Å². The van der Waals surface area contributed by atoms with Gasteiger partial charge in [0.1, 0.15) is 0 Å². The summed E-state index contributed by atoms with van der Waals surface area (Å²) in [5, 5.41) is 9.07. The zero-order valence-electron chi connectivity index (χ0n) is 8.62. The van der Waals surface area contributed by atoms with Gasteiger partial charge in [0, 0.05) is 54.4 Å². The van der Waals surface area contributed by atoms with Crippen LogP contribution in [0.2, 0.25) is 0 Å². The highest BCUT2D eigenvalue weighted by Gasteiger charge is 2.18. The minimum atomic E-state index is 1.13. The Balaban J connectivity index is 2.30. The van der Waals surface area contributed by atoms with Crippen molar-refractivity contribution in [1.82, 2.24) is 20.0 Å². The van der Waals surface area contributed by atoms with Crippen molar-refractivity contribution in [2.45, 2.75) is 0 Å². The van der Waals surface area contributed by atoms with Gasteiger partial charge >= 0.3 is 0 Å². The zero-order valence-corrected chi connectivity index (χ0v) is 8.62. The largest absolute Gasteiger partial charge is 0.248 e. The van der Waals surface area contributed by atoms with Crippen LogP contribution in [0.4, 0.5) is 0 Å². The van der Waals surface area contributed by atoms with E-state index in [1.807, 2.05) is 0 Å². The van der Waals surface area contributed by atoms with Crippen molar-refractivity contribution in [3.05, 3.63) is 0 Å². The molecule has 0 unspecified atom stereocenters. The average molecular weight is 172 g/mol. The predicted octanol–water partition coefficient (Wildman–Crippen LogP) is -0.443. The molecular weight excluding hydrogens is 152 g/mol. The minimum Gasteiger partial charge on any atom is -0.248 e. The first kappa shape index (κ1) is 9.92. The van der Waals surface area contributed by atoms with Crippen molar-refractivity contribution in [3.63, 3.8) is 0 Å². The van der Waals surface area contributed by atoms with E-state index in [-0.39, 0.29) is 0 Å². The molecule has 0 radical (unpaired) electrons. The summed E-state index contributed by atoms with van der Waals surface area (Å²) in [5.74, 6) is 0. The molecule has 1 aliphatic rings. The first-order valence-electron chi connectivity index (χ1n) is 4.45. The fraction of sp³-hybridized carbons (Fsp3) is 1.00. The van der Waals surface area contributed by atoms with E-state index < -0.39 is 0 Å². The van der Waals surface area contributed by atoms with Crippen molar-refractivity contribution in [2.75, 3.05) is 54.4 Å². The van der Waals surface area contributed by atoms with Crippen LogP contribution < -0.4 is 0 Å². The van der Waals surface area contributed by atoms with Crippen LogP contribution in [0.1, 0.15) is 0 Å². The van der Waals surface area contributed by atoms with Gasteiger partial charge in [-0.2, -0.15) is 0 Å². The maximum Gasteiger partial charge on any atom is 0.0275 e. The molecule has 0 amide bonds. The summed E-state index contributed by atoms with van der Waals surface area (Å²) in [7, 11) is 8.41. The van der Waals surface area contributed by atoms with Gasteiger partial charge in [-0.1, -0.05) is 0 Å². The maximum absolute atomic E-state index is 2.36. The van der Waals surface area contributed by atoms with E-state index in [2.05, 4.69) is 48.2 Å². The normalized spacial score (nSPS) is 22.5. The van der Waals surface area contributed by atoms with Gasteiger partial charge in [0.05, 0.1) is 0 Å². The molecule has 0 aromatic carbocycles. The summed E-state index contributed by atoms with van der Waals surface area (Å²) in [5.41, 5.74) is 0. The third kappa shape index (κ3) is 2.42. The Bertz CT molecular complexity index is 111. The van der Waals surface area contributed by atoms with E-state index >= 15 is 0 Å². The number of hydrogen-bond acceptors (Lipinski definition) is 4. The molecule has 72 valence electrons. The smallest absolute Gasteiger partial charge is 0.0275 e. The Morgan fingerprint density at radius 1 is 0.667 bits per heavy atom. The highest BCUT2D eigenvalue weighted by atomic mass is 15.7. The van der Waals surface area contributed by atoms with E-state index in [1.165, 1.54) is 0 Å². The fourth-order valence-corrected chi connectivity index (χ4v) is 1.49. The van der Waals surface area contributed by atoms with Crippen LogP contribution in [-0.2, 0) is 0 Å². The first-order valence-corrected chi connectivity index (χ1v) is 4.45. The molecule has 12 heavy (non-hydrogen) atoms. The van der Waals surface area contributed by atoms with Crippen molar-refractivity contribution >= 4 is 0 Å². The molecule has 1 rings (SSSR count). The van der Waals surface area contributed by atoms with Gasteiger partial charge in [0.2, 0.25) is 0 Å². The summed E-state index contributed by atoms with van der Waals surface area (Å²) in [6, 6.07) is 0. The Kier molecular flexibility index (Phi) is 3.46. The molecule has 0 aliphatic carbocycles. The van der Waals surface area contributed by atoms with Crippen molar-refractivity contribution in [1.29, 1.82) is 0 Å². The summed E-state index contributed by atoms with van der Waals surface area (Å²) in [6.45, 7) is 4.52. The third-order valence-electron chi connectivity index (χ3n) is 2.36. The summed E-state index contributed by atoms with van der Waals surface area (Å²) in [6.07, 6.45) is 0. The second kappa shape index (κ2) is 4.18. The van der Waals surface area contributed by atoms with Crippen LogP contribution in [0.3, 0.4) is 0 Å². The van der Waals surface area contributed by atoms with Crippen molar-refractivity contribution < 1.29 is 0 Å². The molecule has 0 atom stereocenters. The first-order chi connectivity index (χ1) is 5.61. The lowest BCUT2D eigenvalue weighted by Gasteiger charge is -2.40. The van der Waals surface area contributed by atoms with Crippen LogP contribution in [0, 0.1) is 0 Å². The van der Waals surface area contributed by atoms with Crippen LogP contribution in [0.15, 0.2) is 0 Å². The van der Waals surface area contributed by atoms with E-state index in [0.29, 0.717) is 0 Å². The van der Waals surface area contributed by atoms with Crippen molar-refractivity contribution in [2.24, 2.45) is 0 Å². The maximum atomic E-state index is 2.36. The van der Waals surface area contributed by atoms with Crippen molar-refractivity contribution in [3.8, 4) is 0 Å². The van der Waals surface area contributed by atoms with E-state index in [9.17, 15) is 0 Å². The van der Waals surface area contributed by atoms with Gasteiger partial charge in [0.25, 0.3) is 0 Å². The van der Waals surface area contributed by atoms with Crippen LogP contribution >= 0.6 is 0 Å². The number of rotatable bonds is 2. The molecular formula is C8H20N4. The molecule has 1 heterocycles. The van der Waals surface area contributed by atoms with Gasteiger partial charge in [-0.3, -0.25) is 0 Å². The van der Waals surface area contributed by atoms with Gasteiger partial charge in [-0.25, -0.2) is 20.0 Å². The number of piperazine rings is 1. The van der Waals surface area contributed by atoms with E-state index in [1.54, 1.807) is 0 Å². The minimum absolute atomic E-state index is 1.13. The summed E-state index contributed by atoms with van der Waals surface area (Å²) >= 11 is 0. The molecule has 0 N–H and O–H groups in total. The Morgan fingerprint density at radius 2 is 0.917 bits per heavy atom. The summed E-state index contributed by atoms with van der Waals surface area (Å²) in [4.78, 5) is 0. The van der Waals surface area contributed by atoms with Crippen LogP contribution in [0.25, 0.3) is 0 Å². The quantitative estimate of drug-likeness (QED) is 0.559. The molecule has 0 saturated carbocycles. The van der Waals surface area contributed by atoms with Gasteiger partial charge in [-0.05, 0) is 0 Å². The fourth-order valence-electron chi connectivity index (χ4n) is 1.49. The highest BCUT2D eigenvalue weighted by molar-refractivity contribution is 4.65. The second-order valence-electron chi connectivity index (χ2n) is 3.60. The SMILES string of the molecule is CN(C)N1CCN(N(C)C)CC1. The third-order valence-corrected chi connectivity index (χ3v) is 2.36. The van der Waals surface area contributed by atoms with Gasteiger partial charge in [0.15, 0.2) is 0 Å². The molecule has 4 nitrogen and oxygen atoms in total. The van der Waals surface area contributed by atoms with Gasteiger partial charge in [-0.15, -0.1) is 0 Å². The number of nitrogens with zero attached hydrogens (tertiary/aromatic N) is 4. The molecule has 0 spiro atoms. The zero-order chi connectivity index (χ0) is 9.14. The molecule has 1 saturated heterocycles. The molecule has 0 aromatic rings. The van der Waals surface area contributed by atoms with E-state index in [4.69, 9.17) is 0 Å². The number of hydrogen-bond donors (Lipinski definition) is 0. The Hall–Kier alpha value is -0.160. The molecule has 1 fully saturated rings. The predicted molar refractivity (Wildman–Crippen MR) is 50.5 cm³/mol. The molecule has 4 heteroatoms. The lowest BCUT2D eigenvalue weighted by atomic mass is 10.4. The molecule has 0 aromatic heterocycles. The Labute approximate surface area is 75.3 Å². The lowest BCUT2D eigenvalue weighted by Crippen LogP contribution is -2.54. The average Bonchev–Trinajstić information content (AvgIpc) is 2.04. The van der Waals surface area contributed by atoms with Crippen LogP contribution in [-0.4, -0.2) is 74.4 Å². The van der Waals surface area contributed by atoms with E-state index in [0.717, 1.165) is 26.2 Å². The standard InChI is InChI=1S/C8H20N4/c1-9(2)11-5-7-12(8-6-11)10(3)4/h5-8H2,1-4H3. The second-order valence-corrected chi connectivity index (χ2v) is 3.60.